The van der Waals surface area contributed by atoms with E-state index in [4.69, 9.17) is 5.73 Å². The largest absolute Gasteiger partial charge is 0.397 e. The number of anilines is 2. The monoisotopic (exact) mass is 309 g/mol. The molecule has 120 valence electrons. The van der Waals surface area contributed by atoms with Crippen LogP contribution in [0.1, 0.15) is 23.1 Å². The molecule has 2 amide bonds. The molecular formula is C19H23N3O. The number of para-hydroxylation sites is 2. The molecule has 0 aromatic heterocycles. The maximum Gasteiger partial charge on any atom is 0.324 e. The molecular weight excluding hydrogens is 286 g/mol. The van der Waals surface area contributed by atoms with E-state index < -0.39 is 0 Å². The third-order valence-electron chi connectivity index (χ3n) is 4.40. The third kappa shape index (κ3) is 3.16. The fourth-order valence-electron chi connectivity index (χ4n) is 3.06. The van der Waals surface area contributed by atoms with Crippen molar-refractivity contribution in [1.29, 1.82) is 0 Å². The summed E-state index contributed by atoms with van der Waals surface area (Å²) in [5, 5.41) is 0. The van der Waals surface area contributed by atoms with E-state index in [0.29, 0.717) is 12.2 Å². The van der Waals surface area contributed by atoms with E-state index in [-0.39, 0.29) is 6.03 Å². The Morgan fingerprint density at radius 2 is 1.87 bits per heavy atom. The molecule has 0 aliphatic carbocycles. The first kappa shape index (κ1) is 15.4. The molecule has 0 radical (unpaired) electrons. The van der Waals surface area contributed by atoms with Gasteiger partial charge in [0.2, 0.25) is 0 Å². The maximum atomic E-state index is 12.9. The molecule has 0 spiro atoms. The summed E-state index contributed by atoms with van der Waals surface area (Å²) in [6.07, 6.45) is 0.949. The number of hydrogen-bond donors (Lipinski definition) is 1. The minimum atomic E-state index is 0.0371. The van der Waals surface area contributed by atoms with E-state index in [0.717, 1.165) is 25.2 Å². The lowest BCUT2D eigenvalue weighted by molar-refractivity contribution is 0.192. The summed E-state index contributed by atoms with van der Waals surface area (Å²) in [5.74, 6) is 0. The fourth-order valence-corrected chi connectivity index (χ4v) is 3.06. The van der Waals surface area contributed by atoms with Gasteiger partial charge in [0, 0.05) is 19.6 Å². The number of carbonyl (C=O) groups is 1. The predicted molar refractivity (Wildman–Crippen MR) is 94.5 cm³/mol. The molecule has 1 heterocycles. The average Bonchev–Trinajstić information content (AvgIpc) is 2.54. The van der Waals surface area contributed by atoms with Crippen molar-refractivity contribution in [1.82, 2.24) is 4.90 Å². The first-order chi connectivity index (χ1) is 11.1. The lowest BCUT2D eigenvalue weighted by atomic mass is 10.0. The van der Waals surface area contributed by atoms with Gasteiger partial charge in [0.15, 0.2) is 0 Å². The number of aryl methyl sites for hydroxylation is 2. The number of rotatable bonds is 3. The van der Waals surface area contributed by atoms with Crippen LogP contribution in [0, 0.1) is 13.8 Å². The second-order valence-corrected chi connectivity index (χ2v) is 6.20. The van der Waals surface area contributed by atoms with Crippen molar-refractivity contribution in [2.24, 2.45) is 0 Å². The zero-order chi connectivity index (χ0) is 16.4. The molecule has 0 atom stereocenters. The van der Waals surface area contributed by atoms with Gasteiger partial charge >= 0.3 is 6.03 Å². The van der Waals surface area contributed by atoms with Crippen LogP contribution in [0.15, 0.2) is 42.5 Å². The van der Waals surface area contributed by atoms with E-state index in [1.165, 1.54) is 16.7 Å². The van der Waals surface area contributed by atoms with Gasteiger partial charge in [-0.25, -0.2) is 4.79 Å². The van der Waals surface area contributed by atoms with Crippen LogP contribution in [0.25, 0.3) is 0 Å². The number of amides is 2. The van der Waals surface area contributed by atoms with Crippen LogP contribution in [-0.4, -0.2) is 24.0 Å². The third-order valence-corrected chi connectivity index (χ3v) is 4.40. The van der Waals surface area contributed by atoms with E-state index in [9.17, 15) is 4.79 Å². The molecule has 4 nitrogen and oxygen atoms in total. The molecule has 3 rings (SSSR count). The Morgan fingerprint density at radius 3 is 2.65 bits per heavy atom. The van der Waals surface area contributed by atoms with Gasteiger partial charge in [0.1, 0.15) is 0 Å². The van der Waals surface area contributed by atoms with Crippen molar-refractivity contribution in [2.45, 2.75) is 26.8 Å². The molecule has 0 unspecified atom stereocenters. The number of benzene rings is 2. The van der Waals surface area contributed by atoms with E-state index in [1.54, 1.807) is 4.90 Å². The smallest absolute Gasteiger partial charge is 0.324 e. The van der Waals surface area contributed by atoms with Crippen molar-refractivity contribution in [3.8, 4) is 0 Å². The number of urea groups is 1. The van der Waals surface area contributed by atoms with Gasteiger partial charge < -0.3 is 10.6 Å². The first-order valence-corrected chi connectivity index (χ1v) is 8.03. The topological polar surface area (TPSA) is 49.6 Å². The first-order valence-electron chi connectivity index (χ1n) is 8.03. The second kappa shape index (κ2) is 6.32. The van der Waals surface area contributed by atoms with E-state index in [1.807, 2.05) is 29.2 Å². The van der Waals surface area contributed by atoms with Crippen LogP contribution in [0.4, 0.5) is 16.2 Å². The minimum Gasteiger partial charge on any atom is -0.397 e. The molecule has 0 saturated carbocycles. The molecule has 2 aromatic rings. The molecule has 2 N–H and O–H groups in total. The second-order valence-electron chi connectivity index (χ2n) is 6.20. The molecule has 1 fully saturated rings. The lowest BCUT2D eigenvalue weighted by Gasteiger charge is -2.36. The molecule has 2 aromatic carbocycles. The molecule has 0 bridgehead atoms. The van der Waals surface area contributed by atoms with Gasteiger partial charge in [-0.3, -0.25) is 4.90 Å². The van der Waals surface area contributed by atoms with E-state index in [2.05, 4.69) is 32.0 Å². The van der Waals surface area contributed by atoms with E-state index >= 15 is 0 Å². The van der Waals surface area contributed by atoms with Gasteiger partial charge in [0.05, 0.1) is 11.4 Å². The van der Waals surface area contributed by atoms with Crippen molar-refractivity contribution in [3.05, 3.63) is 59.2 Å². The molecule has 1 aliphatic heterocycles. The van der Waals surface area contributed by atoms with Gasteiger partial charge in [-0.2, -0.15) is 0 Å². The highest BCUT2D eigenvalue weighted by molar-refractivity contribution is 5.95. The Morgan fingerprint density at radius 1 is 1.09 bits per heavy atom. The quantitative estimate of drug-likeness (QED) is 0.879. The number of nitrogens with two attached hydrogens (primary N) is 1. The molecule has 1 aliphatic rings. The number of hydrogen-bond acceptors (Lipinski definition) is 2. The summed E-state index contributed by atoms with van der Waals surface area (Å²) in [4.78, 5) is 16.6. The highest BCUT2D eigenvalue weighted by atomic mass is 16.2. The predicted octanol–water partition coefficient (Wildman–Crippen LogP) is 3.72. The zero-order valence-corrected chi connectivity index (χ0v) is 13.7. The normalized spacial score (nSPS) is 15.1. The summed E-state index contributed by atoms with van der Waals surface area (Å²) >= 11 is 0. The number of nitrogen functional groups attached to an aromatic ring is 1. The van der Waals surface area contributed by atoms with Crippen LogP contribution in [0.5, 0.6) is 0 Å². The number of nitrogens with zero attached hydrogens (tertiary/aromatic N) is 2. The van der Waals surface area contributed by atoms with Crippen LogP contribution in [-0.2, 0) is 6.54 Å². The Kier molecular flexibility index (Phi) is 4.24. The van der Waals surface area contributed by atoms with Crippen molar-refractivity contribution in [3.63, 3.8) is 0 Å². The summed E-state index contributed by atoms with van der Waals surface area (Å²) in [6, 6.07) is 14.0. The number of carbonyl (C=O) groups excluding carboxylic acids is 1. The summed E-state index contributed by atoms with van der Waals surface area (Å²) in [5.41, 5.74) is 11.2. The Bertz CT molecular complexity index is 726. The van der Waals surface area contributed by atoms with Crippen molar-refractivity contribution < 1.29 is 4.79 Å². The highest BCUT2D eigenvalue weighted by Crippen LogP contribution is 2.27. The average molecular weight is 309 g/mol. The highest BCUT2D eigenvalue weighted by Gasteiger charge is 2.28. The van der Waals surface area contributed by atoms with Gasteiger partial charge in [-0.05, 0) is 43.5 Å². The minimum absolute atomic E-state index is 0.0371. The molecule has 4 heteroatoms. The summed E-state index contributed by atoms with van der Waals surface area (Å²) < 4.78 is 0. The fraction of sp³-hybridized carbons (Fsp3) is 0.316. The van der Waals surface area contributed by atoms with Crippen LogP contribution in [0.3, 0.4) is 0 Å². The standard InChI is InChI=1S/C19H23N3O/c1-14-8-9-15(2)16(12-14)13-21-10-5-11-22(19(21)23)18-7-4-3-6-17(18)20/h3-4,6-9,12H,5,10-11,13,20H2,1-2H3. The van der Waals surface area contributed by atoms with Crippen LogP contribution >= 0.6 is 0 Å². The maximum absolute atomic E-state index is 12.9. The molecule has 1 saturated heterocycles. The Hall–Kier alpha value is -2.49. The van der Waals surface area contributed by atoms with Gasteiger partial charge in [-0.15, -0.1) is 0 Å². The van der Waals surface area contributed by atoms with Crippen molar-refractivity contribution in [2.75, 3.05) is 23.7 Å². The van der Waals surface area contributed by atoms with Crippen LogP contribution in [0.2, 0.25) is 0 Å². The summed E-state index contributed by atoms with van der Waals surface area (Å²) in [7, 11) is 0. The van der Waals surface area contributed by atoms with Gasteiger partial charge in [0.25, 0.3) is 0 Å². The Labute approximate surface area is 137 Å². The Balaban J connectivity index is 1.83. The lowest BCUT2D eigenvalue weighted by Crippen LogP contribution is -2.49. The van der Waals surface area contributed by atoms with Gasteiger partial charge in [-0.1, -0.05) is 35.9 Å². The zero-order valence-electron chi connectivity index (χ0n) is 13.7. The summed E-state index contributed by atoms with van der Waals surface area (Å²) in [6.45, 7) is 6.33. The molecule has 23 heavy (non-hydrogen) atoms. The van der Waals surface area contributed by atoms with Crippen LogP contribution < -0.4 is 10.6 Å². The van der Waals surface area contributed by atoms with Crippen molar-refractivity contribution >= 4 is 17.4 Å². The SMILES string of the molecule is Cc1ccc(C)c(CN2CCCN(c3ccccc3N)C2=O)c1.